The molecule has 7 nitrogen and oxygen atoms in total. The summed E-state index contributed by atoms with van der Waals surface area (Å²) in [4.78, 5) is 36.6. The van der Waals surface area contributed by atoms with E-state index in [1.54, 1.807) is 30.3 Å². The minimum Gasteiger partial charge on any atom is -0.478 e. The monoisotopic (exact) mass is 387 g/mol. The maximum Gasteiger partial charge on any atom is 0.335 e. The first kappa shape index (κ1) is 18.7. The Hall–Kier alpha value is -3.06. The van der Waals surface area contributed by atoms with Gasteiger partial charge in [0.05, 0.1) is 16.3 Å². The molecular weight excluding hydrogens is 370 g/mol. The SMILES string of the molecule is O=C(O)c1ccc(CCNC(=O)c2ccc(Cl)c(N3CCNC3=O)c2)cc1. The Bertz CT molecular complexity index is 883. The first-order chi connectivity index (χ1) is 13.0. The van der Waals surface area contributed by atoms with E-state index in [0.717, 1.165) is 5.56 Å². The number of nitrogens with zero attached hydrogens (tertiary/aromatic N) is 1. The van der Waals surface area contributed by atoms with Crippen molar-refractivity contribution in [3.8, 4) is 0 Å². The molecular formula is C19H18ClN3O4. The van der Waals surface area contributed by atoms with Gasteiger partial charge in [-0.25, -0.2) is 9.59 Å². The van der Waals surface area contributed by atoms with Crippen molar-refractivity contribution in [2.75, 3.05) is 24.5 Å². The molecule has 3 N–H and O–H groups in total. The summed E-state index contributed by atoms with van der Waals surface area (Å²) in [5.41, 5.74) is 2.06. The minimum atomic E-state index is -0.972. The van der Waals surface area contributed by atoms with Crippen LogP contribution in [0.4, 0.5) is 10.5 Å². The quantitative estimate of drug-likeness (QED) is 0.709. The Balaban J connectivity index is 1.61. The number of carboxylic acids is 1. The van der Waals surface area contributed by atoms with E-state index >= 15 is 0 Å². The summed E-state index contributed by atoms with van der Waals surface area (Å²) >= 11 is 6.17. The fourth-order valence-electron chi connectivity index (χ4n) is 2.80. The van der Waals surface area contributed by atoms with Crippen molar-refractivity contribution in [2.45, 2.75) is 6.42 Å². The summed E-state index contributed by atoms with van der Waals surface area (Å²) < 4.78 is 0. The fourth-order valence-corrected chi connectivity index (χ4v) is 3.02. The van der Waals surface area contributed by atoms with E-state index in [0.29, 0.717) is 42.3 Å². The van der Waals surface area contributed by atoms with Crippen LogP contribution in [0.2, 0.25) is 5.02 Å². The van der Waals surface area contributed by atoms with Crippen LogP contribution in [0.25, 0.3) is 0 Å². The Morgan fingerprint density at radius 1 is 1.15 bits per heavy atom. The molecule has 1 saturated heterocycles. The van der Waals surface area contributed by atoms with Crippen molar-refractivity contribution >= 4 is 35.2 Å². The first-order valence-electron chi connectivity index (χ1n) is 8.41. The molecule has 3 amide bonds. The molecule has 140 valence electrons. The molecule has 0 unspecified atom stereocenters. The highest BCUT2D eigenvalue weighted by atomic mass is 35.5. The number of rotatable bonds is 6. The van der Waals surface area contributed by atoms with Gasteiger partial charge in [0.25, 0.3) is 5.91 Å². The molecule has 1 heterocycles. The second-order valence-corrected chi connectivity index (χ2v) is 6.46. The molecule has 3 rings (SSSR count). The van der Waals surface area contributed by atoms with Crippen LogP contribution in [0.15, 0.2) is 42.5 Å². The molecule has 1 aliphatic rings. The highest BCUT2D eigenvalue weighted by Crippen LogP contribution is 2.28. The zero-order chi connectivity index (χ0) is 19.4. The molecule has 0 radical (unpaired) electrons. The molecule has 0 aliphatic carbocycles. The third-order valence-corrected chi connectivity index (χ3v) is 4.58. The number of urea groups is 1. The molecule has 27 heavy (non-hydrogen) atoms. The predicted molar refractivity (Wildman–Crippen MR) is 102 cm³/mol. The number of amides is 3. The summed E-state index contributed by atoms with van der Waals surface area (Å²) in [6.07, 6.45) is 0.570. The van der Waals surface area contributed by atoms with Crippen molar-refractivity contribution < 1.29 is 19.5 Å². The molecule has 1 fully saturated rings. The average molecular weight is 388 g/mol. The van der Waals surface area contributed by atoms with E-state index in [2.05, 4.69) is 10.6 Å². The van der Waals surface area contributed by atoms with Crippen LogP contribution in [0.5, 0.6) is 0 Å². The lowest BCUT2D eigenvalue weighted by molar-refractivity contribution is 0.0696. The second-order valence-electron chi connectivity index (χ2n) is 6.06. The van der Waals surface area contributed by atoms with Gasteiger partial charge in [-0.3, -0.25) is 9.69 Å². The third-order valence-electron chi connectivity index (χ3n) is 4.26. The van der Waals surface area contributed by atoms with Gasteiger partial charge in [-0.2, -0.15) is 0 Å². The Kier molecular flexibility index (Phi) is 5.61. The summed E-state index contributed by atoms with van der Waals surface area (Å²) in [6.45, 7) is 1.43. The predicted octanol–water partition coefficient (Wildman–Crippen LogP) is 2.54. The van der Waals surface area contributed by atoms with Crippen molar-refractivity contribution in [1.82, 2.24) is 10.6 Å². The largest absolute Gasteiger partial charge is 0.478 e. The number of aromatic carboxylic acids is 1. The number of anilines is 1. The van der Waals surface area contributed by atoms with E-state index in [1.807, 2.05) is 0 Å². The van der Waals surface area contributed by atoms with E-state index in [-0.39, 0.29) is 17.5 Å². The summed E-state index contributed by atoms with van der Waals surface area (Å²) in [7, 11) is 0. The number of halogens is 1. The molecule has 8 heteroatoms. The number of carboxylic acid groups (broad SMARTS) is 1. The van der Waals surface area contributed by atoms with Gasteiger partial charge in [-0.05, 0) is 42.3 Å². The Morgan fingerprint density at radius 3 is 2.48 bits per heavy atom. The summed E-state index contributed by atoms with van der Waals surface area (Å²) in [5.74, 6) is -1.24. The van der Waals surface area contributed by atoms with Crippen molar-refractivity contribution in [2.24, 2.45) is 0 Å². The Labute approximate surface area is 160 Å². The Morgan fingerprint density at radius 2 is 1.85 bits per heavy atom. The lowest BCUT2D eigenvalue weighted by Crippen LogP contribution is -2.29. The summed E-state index contributed by atoms with van der Waals surface area (Å²) in [6, 6.07) is 11.1. The normalized spacial score (nSPS) is 13.4. The van der Waals surface area contributed by atoms with Crippen LogP contribution in [-0.4, -0.2) is 42.6 Å². The fraction of sp³-hybridized carbons (Fsp3) is 0.211. The van der Waals surface area contributed by atoms with Crippen LogP contribution in [0.3, 0.4) is 0 Å². The molecule has 0 aromatic heterocycles. The molecule has 1 aliphatic heterocycles. The van der Waals surface area contributed by atoms with Crippen LogP contribution >= 0.6 is 11.6 Å². The molecule has 0 atom stereocenters. The van der Waals surface area contributed by atoms with Crippen molar-refractivity contribution in [3.63, 3.8) is 0 Å². The molecule has 0 bridgehead atoms. The number of carbonyl (C=O) groups excluding carboxylic acids is 2. The standard InChI is InChI=1S/C19H18ClN3O4/c20-15-6-5-14(11-16(15)23-10-9-22-19(23)27)17(24)21-8-7-12-1-3-13(4-2-12)18(25)26/h1-6,11H,7-10H2,(H,21,24)(H,22,27)(H,25,26). The third kappa shape index (κ3) is 4.38. The smallest absolute Gasteiger partial charge is 0.335 e. The van der Waals surface area contributed by atoms with E-state index in [9.17, 15) is 14.4 Å². The number of benzene rings is 2. The maximum atomic E-state index is 12.4. The van der Waals surface area contributed by atoms with E-state index < -0.39 is 5.97 Å². The first-order valence-corrected chi connectivity index (χ1v) is 8.79. The molecule has 0 saturated carbocycles. The van der Waals surface area contributed by atoms with Crippen LogP contribution < -0.4 is 15.5 Å². The van der Waals surface area contributed by atoms with Crippen molar-refractivity contribution in [1.29, 1.82) is 0 Å². The van der Waals surface area contributed by atoms with Crippen molar-refractivity contribution in [3.05, 3.63) is 64.2 Å². The molecule has 2 aromatic rings. The van der Waals surface area contributed by atoms with Gasteiger partial charge in [-0.15, -0.1) is 0 Å². The van der Waals surface area contributed by atoms with Gasteiger partial charge in [0, 0.05) is 25.2 Å². The van der Waals surface area contributed by atoms with Gasteiger partial charge < -0.3 is 15.7 Å². The zero-order valence-electron chi connectivity index (χ0n) is 14.4. The second kappa shape index (κ2) is 8.09. The highest BCUT2D eigenvalue weighted by molar-refractivity contribution is 6.34. The lowest BCUT2D eigenvalue weighted by atomic mass is 10.1. The number of hydrogen-bond donors (Lipinski definition) is 3. The van der Waals surface area contributed by atoms with Crippen LogP contribution in [0.1, 0.15) is 26.3 Å². The molecule has 2 aromatic carbocycles. The lowest BCUT2D eigenvalue weighted by Gasteiger charge is -2.17. The van der Waals surface area contributed by atoms with E-state index in [1.165, 1.54) is 17.0 Å². The average Bonchev–Trinajstić information content (AvgIpc) is 3.08. The van der Waals surface area contributed by atoms with Crippen LogP contribution in [-0.2, 0) is 6.42 Å². The van der Waals surface area contributed by atoms with Gasteiger partial charge in [0.1, 0.15) is 0 Å². The topological polar surface area (TPSA) is 98.7 Å². The van der Waals surface area contributed by atoms with E-state index in [4.69, 9.17) is 16.7 Å². The van der Waals surface area contributed by atoms with Gasteiger partial charge in [0.15, 0.2) is 0 Å². The number of nitrogens with one attached hydrogen (secondary N) is 2. The van der Waals surface area contributed by atoms with Gasteiger partial charge in [-0.1, -0.05) is 23.7 Å². The summed E-state index contributed by atoms with van der Waals surface area (Å²) in [5, 5.41) is 14.8. The number of carbonyl (C=O) groups is 3. The maximum absolute atomic E-state index is 12.4. The number of hydrogen-bond acceptors (Lipinski definition) is 3. The van der Waals surface area contributed by atoms with Crippen LogP contribution in [0, 0.1) is 0 Å². The highest BCUT2D eigenvalue weighted by Gasteiger charge is 2.24. The molecule has 0 spiro atoms. The van der Waals surface area contributed by atoms with Gasteiger partial charge in [0.2, 0.25) is 0 Å². The minimum absolute atomic E-state index is 0.224. The zero-order valence-corrected chi connectivity index (χ0v) is 15.1. The van der Waals surface area contributed by atoms with Gasteiger partial charge >= 0.3 is 12.0 Å².